The van der Waals surface area contributed by atoms with E-state index in [-0.39, 0.29) is 50.7 Å². The van der Waals surface area contributed by atoms with Gasteiger partial charge in [-0.1, -0.05) is 30.3 Å². The summed E-state index contributed by atoms with van der Waals surface area (Å²) in [6.07, 6.45) is 0. The van der Waals surface area contributed by atoms with Gasteiger partial charge >= 0.3 is 0 Å². The van der Waals surface area contributed by atoms with Gasteiger partial charge in [0.15, 0.2) is 0 Å². The third-order valence-corrected chi connectivity index (χ3v) is 0.774. The molecule has 1 N–H and O–H groups in total. The Morgan fingerprint density at radius 3 is 1.50 bits per heavy atom. The van der Waals surface area contributed by atoms with Crippen molar-refractivity contribution in [2.75, 3.05) is 0 Å². The van der Waals surface area contributed by atoms with Crippen LogP contribution in [-0.2, 0) is 25.8 Å². The first-order valence-electron chi connectivity index (χ1n) is 2.16. The molecule has 0 aliphatic heterocycles. The van der Waals surface area contributed by atoms with Crippen LogP contribution in [0.2, 0.25) is 0 Å². The van der Waals surface area contributed by atoms with Crippen molar-refractivity contribution in [3.8, 4) is 0 Å². The van der Waals surface area contributed by atoms with Crippen LogP contribution < -0.4 is 24.8 Å². The van der Waals surface area contributed by atoms with Gasteiger partial charge in [0.1, 0.15) is 0 Å². The van der Waals surface area contributed by atoms with E-state index in [1.807, 2.05) is 18.2 Å². The van der Waals surface area contributed by atoms with Crippen molar-refractivity contribution in [3.05, 3.63) is 36.1 Å². The van der Waals surface area contributed by atoms with Crippen molar-refractivity contribution in [2.45, 2.75) is 0 Å². The Hall–Kier alpha value is 0.470. The van der Waals surface area contributed by atoms with Crippen LogP contribution >= 0.6 is 0 Å². The van der Waals surface area contributed by atoms with E-state index in [0.717, 1.165) is 0 Å². The Labute approximate surface area is 92.0 Å². The molecule has 1 rings (SSSR count). The zero-order valence-electron chi connectivity index (χ0n) is 5.14. The fraction of sp³-hybridized carbons (Fsp3) is 0. The van der Waals surface area contributed by atoms with Gasteiger partial charge in [-0.05, 0) is 0 Å². The Morgan fingerprint density at radius 1 is 0.900 bits per heavy atom. The molecule has 0 saturated heterocycles. The Morgan fingerprint density at radius 2 is 1.30 bits per heavy atom. The predicted molar refractivity (Wildman–Crippen MR) is 30.4 cm³/mol. The number of hydrogen-bond acceptors (Lipinski definition) is 0. The van der Waals surface area contributed by atoms with E-state index in [0.29, 0.717) is 5.69 Å². The topological polar surface area (TPSA) is 23.8 Å². The molecule has 56 valence electrons. The summed E-state index contributed by atoms with van der Waals surface area (Å²) in [5, 5.41) is 0. The fourth-order valence-corrected chi connectivity index (χ4v) is 0.438. The van der Waals surface area contributed by atoms with E-state index in [1.165, 1.54) is 0 Å². The zero-order valence-corrected chi connectivity index (χ0v) is 10.2. The van der Waals surface area contributed by atoms with Gasteiger partial charge in [-0.15, -0.1) is 5.69 Å². The minimum Gasteiger partial charge on any atom is -1.00 e. The predicted octanol–water partition coefficient (Wildman–Crippen LogP) is -3.62. The van der Waals surface area contributed by atoms with E-state index in [1.54, 1.807) is 12.1 Å². The minimum absolute atomic E-state index is 0. The van der Waals surface area contributed by atoms with Crippen molar-refractivity contribution in [1.82, 2.24) is 0 Å². The van der Waals surface area contributed by atoms with Crippen LogP contribution in [0.1, 0.15) is 0 Å². The van der Waals surface area contributed by atoms with Crippen molar-refractivity contribution >= 4 is 5.69 Å². The number of rotatable bonds is 0. The molecule has 1 nitrogen and oxygen atoms in total. The number of benzene rings is 1. The van der Waals surface area contributed by atoms with Crippen LogP contribution in [0.15, 0.2) is 30.3 Å². The molecule has 0 saturated carbocycles. The summed E-state index contributed by atoms with van der Waals surface area (Å²) >= 11 is 0. The maximum atomic E-state index is 7.00. The largest absolute Gasteiger partial charge is 1.00 e. The van der Waals surface area contributed by atoms with Crippen LogP contribution in [0.3, 0.4) is 0 Å². The molecule has 0 amide bonds. The quantitative estimate of drug-likeness (QED) is 0.435. The summed E-state index contributed by atoms with van der Waals surface area (Å²) in [5.74, 6) is 0. The van der Waals surface area contributed by atoms with Crippen LogP contribution in [0.4, 0.5) is 5.69 Å². The second-order valence-corrected chi connectivity index (χ2v) is 1.37. The maximum absolute atomic E-state index is 7.00. The summed E-state index contributed by atoms with van der Waals surface area (Å²) < 4.78 is 0. The smallest absolute Gasteiger partial charge is 0 e. The van der Waals surface area contributed by atoms with E-state index in [2.05, 4.69) is 0 Å². The molecule has 0 bridgehead atoms. The summed E-state index contributed by atoms with van der Waals surface area (Å²) in [6, 6.07) is 9.10. The molecule has 0 aromatic heterocycles. The third-order valence-electron chi connectivity index (χ3n) is 0.774. The number of halogens is 2. The average Bonchev–Trinajstić information content (AvgIpc) is 1.69. The minimum atomic E-state index is 0. The van der Waals surface area contributed by atoms with Crippen molar-refractivity contribution in [2.24, 2.45) is 0 Å². The van der Waals surface area contributed by atoms with Crippen LogP contribution in [0, 0.1) is 0 Å². The summed E-state index contributed by atoms with van der Waals surface area (Å²) in [7, 11) is 0. The second-order valence-electron chi connectivity index (χ2n) is 1.37. The first-order chi connectivity index (χ1) is 3.39. The Bertz CT molecular complexity index is 146. The molecule has 0 heterocycles. The molecule has 0 aliphatic carbocycles. The van der Waals surface area contributed by atoms with Crippen molar-refractivity contribution in [3.63, 3.8) is 0 Å². The molecular formula is C6H6Cl2HfN-3. The Balaban J connectivity index is -0.000000163. The first-order valence-corrected chi connectivity index (χ1v) is 2.16. The van der Waals surface area contributed by atoms with Gasteiger partial charge in [0.2, 0.25) is 0 Å². The van der Waals surface area contributed by atoms with Crippen LogP contribution in [-0.4, -0.2) is 0 Å². The standard InChI is InChI=1S/C6H6N.2ClH.Hf/c7-6-4-2-1-3-5-6;;;/h1-5,7H;2*1H;/q-1;;;/p-2. The molecule has 0 fully saturated rings. The summed E-state index contributed by atoms with van der Waals surface area (Å²) in [6.45, 7) is 0. The molecule has 1 aromatic rings. The molecule has 0 atom stereocenters. The second kappa shape index (κ2) is 9.47. The molecule has 1 aromatic carbocycles. The van der Waals surface area contributed by atoms with Gasteiger partial charge in [0, 0.05) is 25.8 Å². The van der Waals surface area contributed by atoms with Gasteiger partial charge in [-0.25, -0.2) is 0 Å². The zero-order chi connectivity index (χ0) is 5.11. The first kappa shape index (κ1) is 16.8. The number of nitrogens with one attached hydrogen (secondary N) is 1. The summed E-state index contributed by atoms with van der Waals surface area (Å²) in [4.78, 5) is 0. The molecular weight excluding hydrogens is 335 g/mol. The Kier molecular flexibility index (Phi) is 15.9. The van der Waals surface area contributed by atoms with Crippen LogP contribution in [0.25, 0.3) is 5.73 Å². The van der Waals surface area contributed by atoms with Gasteiger partial charge in [0.25, 0.3) is 0 Å². The van der Waals surface area contributed by atoms with Crippen LogP contribution in [0.5, 0.6) is 0 Å². The van der Waals surface area contributed by atoms with E-state index in [4.69, 9.17) is 5.73 Å². The molecule has 4 heteroatoms. The molecule has 0 unspecified atom stereocenters. The van der Waals surface area contributed by atoms with E-state index >= 15 is 0 Å². The van der Waals surface area contributed by atoms with Gasteiger partial charge in [-0.2, -0.15) is 0 Å². The SMILES string of the molecule is [Cl-].[Cl-].[Hf].[NH-]c1ccccc1. The van der Waals surface area contributed by atoms with Crippen molar-refractivity contribution < 1.29 is 50.7 Å². The van der Waals surface area contributed by atoms with Gasteiger partial charge in [0.05, 0.1) is 0 Å². The van der Waals surface area contributed by atoms with Crippen molar-refractivity contribution in [1.29, 1.82) is 0 Å². The van der Waals surface area contributed by atoms with E-state index < -0.39 is 0 Å². The third kappa shape index (κ3) is 6.59. The fourth-order valence-electron chi connectivity index (χ4n) is 0.438. The maximum Gasteiger partial charge on any atom is 0 e. The number of hydrogen-bond donors (Lipinski definition) is 0. The molecule has 0 aliphatic rings. The average molecular weight is 342 g/mol. The molecule has 0 spiro atoms. The normalized spacial score (nSPS) is 6.00. The molecule has 10 heavy (non-hydrogen) atoms. The van der Waals surface area contributed by atoms with Gasteiger partial charge in [-0.3, -0.25) is 0 Å². The summed E-state index contributed by atoms with van der Waals surface area (Å²) in [5.41, 5.74) is 7.57. The monoisotopic (exact) mass is 342 g/mol. The van der Waals surface area contributed by atoms with E-state index in [9.17, 15) is 0 Å². The molecule has 0 radical (unpaired) electrons. The van der Waals surface area contributed by atoms with Gasteiger partial charge < -0.3 is 30.5 Å².